The molecule has 8 heteroatoms. The van der Waals surface area contributed by atoms with E-state index < -0.39 is 10.0 Å². The summed E-state index contributed by atoms with van der Waals surface area (Å²) in [6.45, 7) is 2.61. The molecule has 1 aliphatic heterocycles. The molecule has 1 saturated heterocycles. The first kappa shape index (κ1) is 14.7. The maximum Gasteiger partial charge on any atom is 0.245 e. The molecule has 1 aromatic rings. The van der Waals surface area contributed by atoms with Gasteiger partial charge in [0.2, 0.25) is 10.0 Å². The van der Waals surface area contributed by atoms with Crippen molar-refractivity contribution in [2.75, 3.05) is 33.2 Å². The fourth-order valence-electron chi connectivity index (χ4n) is 1.81. The van der Waals surface area contributed by atoms with Crippen molar-refractivity contribution in [1.29, 1.82) is 0 Å². The van der Waals surface area contributed by atoms with E-state index in [0.717, 1.165) is 18.0 Å². The van der Waals surface area contributed by atoms with Gasteiger partial charge in [-0.25, -0.2) is 8.42 Å². The second kappa shape index (κ2) is 5.76. The maximum atomic E-state index is 12.5. The van der Waals surface area contributed by atoms with Crippen LogP contribution in [-0.2, 0) is 15.9 Å². The van der Waals surface area contributed by atoms with Crippen LogP contribution in [0.25, 0.3) is 0 Å². The zero-order chi connectivity index (χ0) is 13.3. The van der Waals surface area contributed by atoms with Crippen LogP contribution >= 0.6 is 38.9 Å². The molecule has 0 spiro atoms. The minimum Gasteiger partial charge on any atom is -0.304 e. The Balaban J connectivity index is 2.27. The highest BCUT2D eigenvalue weighted by molar-refractivity contribution is 9.11. The number of hydrogen-bond acceptors (Lipinski definition) is 4. The molecule has 1 fully saturated rings. The number of piperazine rings is 1. The minimum atomic E-state index is -3.39. The second-order valence-corrected chi connectivity index (χ2v) is 8.82. The van der Waals surface area contributed by atoms with Gasteiger partial charge in [0, 0.05) is 31.1 Å². The van der Waals surface area contributed by atoms with Crippen molar-refractivity contribution in [3.8, 4) is 0 Å². The number of likely N-dealkylation sites (N-methyl/N-ethyl adjacent to an activating group) is 1. The molecule has 18 heavy (non-hydrogen) atoms. The molecule has 4 nitrogen and oxygen atoms in total. The SMILES string of the molecule is CN1CCN(S(=O)(=O)c2cc(CCl)sc2Br)CC1. The van der Waals surface area contributed by atoms with Gasteiger partial charge in [-0.3, -0.25) is 0 Å². The lowest BCUT2D eigenvalue weighted by Gasteiger charge is -2.31. The first-order chi connectivity index (χ1) is 8.45. The van der Waals surface area contributed by atoms with Gasteiger partial charge in [-0.05, 0) is 29.0 Å². The van der Waals surface area contributed by atoms with Gasteiger partial charge in [-0.1, -0.05) is 0 Å². The number of alkyl halides is 1. The summed E-state index contributed by atoms with van der Waals surface area (Å²) in [5, 5.41) is 0. The van der Waals surface area contributed by atoms with Crippen LogP contribution in [0.3, 0.4) is 0 Å². The zero-order valence-electron chi connectivity index (χ0n) is 9.90. The monoisotopic (exact) mass is 372 g/mol. The summed E-state index contributed by atoms with van der Waals surface area (Å²) < 4.78 is 27.1. The van der Waals surface area contributed by atoms with Crippen molar-refractivity contribution in [2.45, 2.75) is 10.8 Å². The van der Waals surface area contributed by atoms with E-state index in [1.807, 2.05) is 7.05 Å². The quantitative estimate of drug-likeness (QED) is 0.763. The van der Waals surface area contributed by atoms with Gasteiger partial charge in [0.15, 0.2) is 0 Å². The molecule has 0 bridgehead atoms. The van der Waals surface area contributed by atoms with Gasteiger partial charge in [-0.2, -0.15) is 4.31 Å². The molecule has 0 N–H and O–H groups in total. The summed E-state index contributed by atoms with van der Waals surface area (Å²) >= 11 is 10.4. The van der Waals surface area contributed by atoms with Crippen molar-refractivity contribution in [1.82, 2.24) is 9.21 Å². The van der Waals surface area contributed by atoms with Gasteiger partial charge < -0.3 is 4.90 Å². The van der Waals surface area contributed by atoms with Crippen LogP contribution in [0.1, 0.15) is 4.88 Å². The third kappa shape index (κ3) is 2.91. The van der Waals surface area contributed by atoms with Crippen LogP contribution in [0.2, 0.25) is 0 Å². The fraction of sp³-hybridized carbons (Fsp3) is 0.600. The van der Waals surface area contributed by atoms with E-state index in [2.05, 4.69) is 20.8 Å². The van der Waals surface area contributed by atoms with Crippen LogP contribution < -0.4 is 0 Å². The number of halogens is 2. The molecule has 2 heterocycles. The normalized spacial score (nSPS) is 19.3. The summed E-state index contributed by atoms with van der Waals surface area (Å²) in [6, 6.07) is 1.66. The third-order valence-corrected chi connectivity index (χ3v) is 7.52. The van der Waals surface area contributed by atoms with E-state index in [0.29, 0.717) is 27.7 Å². The summed E-state index contributed by atoms with van der Waals surface area (Å²) in [7, 11) is -1.40. The predicted molar refractivity (Wildman–Crippen MR) is 77.8 cm³/mol. The lowest BCUT2D eigenvalue weighted by molar-refractivity contribution is 0.222. The highest BCUT2D eigenvalue weighted by Crippen LogP contribution is 2.34. The van der Waals surface area contributed by atoms with Crippen molar-refractivity contribution in [2.24, 2.45) is 0 Å². The first-order valence-corrected chi connectivity index (χ1v) is 9.06. The predicted octanol–water partition coefficient (Wildman–Crippen LogP) is 2.19. The first-order valence-electron chi connectivity index (χ1n) is 5.48. The average Bonchev–Trinajstić information content (AvgIpc) is 2.72. The van der Waals surface area contributed by atoms with Crippen molar-refractivity contribution < 1.29 is 8.42 Å². The number of sulfonamides is 1. The molecule has 0 amide bonds. The van der Waals surface area contributed by atoms with Gasteiger partial charge in [0.1, 0.15) is 4.90 Å². The number of thiophene rings is 1. The molecule has 1 aliphatic rings. The Morgan fingerprint density at radius 3 is 2.50 bits per heavy atom. The van der Waals surface area contributed by atoms with Crippen LogP contribution in [0.15, 0.2) is 14.7 Å². The van der Waals surface area contributed by atoms with Gasteiger partial charge in [0.05, 0.1) is 9.67 Å². The van der Waals surface area contributed by atoms with E-state index in [1.165, 1.54) is 15.6 Å². The number of nitrogens with zero attached hydrogens (tertiary/aromatic N) is 2. The van der Waals surface area contributed by atoms with Gasteiger partial charge in [-0.15, -0.1) is 22.9 Å². The lowest BCUT2D eigenvalue weighted by Crippen LogP contribution is -2.46. The Labute approximate surface area is 125 Å². The molecule has 0 unspecified atom stereocenters. The minimum absolute atomic E-state index is 0.335. The van der Waals surface area contributed by atoms with E-state index in [9.17, 15) is 8.42 Å². The molecule has 1 aromatic heterocycles. The number of hydrogen-bond donors (Lipinski definition) is 0. The molecule has 0 atom stereocenters. The van der Waals surface area contributed by atoms with Crippen LogP contribution in [0.5, 0.6) is 0 Å². The summed E-state index contributed by atoms with van der Waals surface area (Å²) in [5.41, 5.74) is 0. The molecule has 102 valence electrons. The second-order valence-electron chi connectivity index (χ2n) is 4.19. The Morgan fingerprint density at radius 2 is 2.00 bits per heavy atom. The van der Waals surface area contributed by atoms with Crippen molar-refractivity contribution >= 4 is 48.9 Å². The third-order valence-electron chi connectivity index (χ3n) is 2.92. The fourth-order valence-corrected chi connectivity index (χ4v) is 5.95. The van der Waals surface area contributed by atoms with E-state index in [4.69, 9.17) is 11.6 Å². The van der Waals surface area contributed by atoms with Crippen LogP contribution in [0.4, 0.5) is 0 Å². The van der Waals surface area contributed by atoms with E-state index in [1.54, 1.807) is 6.07 Å². The highest BCUT2D eigenvalue weighted by Gasteiger charge is 2.30. The van der Waals surface area contributed by atoms with Crippen LogP contribution in [0, 0.1) is 0 Å². The van der Waals surface area contributed by atoms with Gasteiger partial charge in [0.25, 0.3) is 0 Å². The van der Waals surface area contributed by atoms with Crippen molar-refractivity contribution in [3.63, 3.8) is 0 Å². The highest BCUT2D eigenvalue weighted by atomic mass is 79.9. The lowest BCUT2D eigenvalue weighted by atomic mass is 10.4. The van der Waals surface area contributed by atoms with Gasteiger partial charge >= 0.3 is 0 Å². The molecule has 0 radical (unpaired) electrons. The Bertz CT molecular complexity index is 524. The zero-order valence-corrected chi connectivity index (χ0v) is 13.9. The molecular weight excluding hydrogens is 360 g/mol. The Hall–Kier alpha value is 0.340. The molecule has 0 aromatic carbocycles. The molecular formula is C10H14BrClN2O2S2. The molecule has 0 aliphatic carbocycles. The standard InChI is InChI=1S/C10H14BrClN2O2S2/c1-13-2-4-14(5-3-13)18(15,16)9-6-8(7-12)17-10(9)11/h6H,2-5,7H2,1H3. The maximum absolute atomic E-state index is 12.5. The summed E-state index contributed by atoms with van der Waals surface area (Å²) in [5.74, 6) is 0.335. The average molecular weight is 374 g/mol. The molecule has 0 saturated carbocycles. The number of rotatable bonds is 3. The summed E-state index contributed by atoms with van der Waals surface area (Å²) in [4.78, 5) is 3.32. The van der Waals surface area contributed by atoms with Crippen molar-refractivity contribution in [3.05, 3.63) is 14.7 Å². The van der Waals surface area contributed by atoms with E-state index >= 15 is 0 Å². The molecule has 2 rings (SSSR count). The topological polar surface area (TPSA) is 40.6 Å². The largest absolute Gasteiger partial charge is 0.304 e. The Morgan fingerprint density at radius 1 is 1.39 bits per heavy atom. The Kier molecular flexibility index (Phi) is 4.72. The van der Waals surface area contributed by atoms with E-state index in [-0.39, 0.29) is 0 Å². The summed E-state index contributed by atoms with van der Waals surface area (Å²) in [6.07, 6.45) is 0. The van der Waals surface area contributed by atoms with Crippen LogP contribution in [-0.4, -0.2) is 50.8 Å². The smallest absolute Gasteiger partial charge is 0.245 e.